The van der Waals surface area contributed by atoms with Crippen molar-refractivity contribution in [1.29, 1.82) is 0 Å². The van der Waals surface area contributed by atoms with E-state index >= 15 is 0 Å². The van der Waals surface area contributed by atoms with E-state index in [4.69, 9.17) is 17.3 Å². The number of hydrogen-bond donors (Lipinski definition) is 1. The van der Waals surface area contributed by atoms with E-state index in [1.807, 2.05) is 0 Å². The Morgan fingerprint density at radius 3 is 2.69 bits per heavy atom. The molecule has 1 aromatic rings. The van der Waals surface area contributed by atoms with Gasteiger partial charge in [0.1, 0.15) is 11.5 Å². The average molecular weight is 207 g/mol. The van der Waals surface area contributed by atoms with Gasteiger partial charge < -0.3 is 5.73 Å². The van der Waals surface area contributed by atoms with Crippen molar-refractivity contribution in [3.63, 3.8) is 0 Å². The Morgan fingerprint density at radius 2 is 2.23 bits per heavy atom. The predicted molar refractivity (Wildman–Crippen MR) is 44.0 cm³/mol. The fraction of sp³-hybridized carbons (Fsp3) is 0.143. The molecule has 0 spiro atoms. The second-order valence-electron chi connectivity index (χ2n) is 2.25. The molecule has 0 aliphatic rings. The van der Waals surface area contributed by atoms with Gasteiger partial charge in [0.05, 0.1) is 5.02 Å². The maximum atomic E-state index is 12.2. The van der Waals surface area contributed by atoms with Crippen LogP contribution in [0.25, 0.3) is 0 Å². The van der Waals surface area contributed by atoms with Gasteiger partial charge in [0.15, 0.2) is 6.29 Å². The summed E-state index contributed by atoms with van der Waals surface area (Å²) in [7, 11) is 0. The number of aldehydes is 1. The van der Waals surface area contributed by atoms with Gasteiger partial charge in [-0.2, -0.15) is 0 Å². The van der Waals surface area contributed by atoms with Gasteiger partial charge in [0, 0.05) is 5.56 Å². The summed E-state index contributed by atoms with van der Waals surface area (Å²) in [4.78, 5) is 13.6. The van der Waals surface area contributed by atoms with Crippen molar-refractivity contribution in [3.05, 3.63) is 22.3 Å². The zero-order valence-corrected chi connectivity index (χ0v) is 7.05. The van der Waals surface area contributed by atoms with Crippen LogP contribution >= 0.6 is 11.6 Å². The molecule has 0 saturated heterocycles. The zero-order chi connectivity index (χ0) is 10.0. The number of nitrogen functional groups attached to an aromatic ring is 1. The molecule has 0 aliphatic heterocycles. The van der Waals surface area contributed by atoms with Gasteiger partial charge in [0.2, 0.25) is 0 Å². The molecule has 0 aromatic carbocycles. The van der Waals surface area contributed by atoms with Crippen LogP contribution in [0.3, 0.4) is 0 Å². The smallest absolute Gasteiger partial charge is 0.281 e. The largest absolute Gasteiger partial charge is 0.382 e. The number of anilines is 1. The van der Waals surface area contributed by atoms with E-state index in [-0.39, 0.29) is 22.7 Å². The number of aromatic nitrogens is 1. The number of nitrogens with two attached hydrogens (primary N) is 1. The Hall–Kier alpha value is -1.23. The lowest BCUT2D eigenvalue weighted by atomic mass is 10.2. The first-order chi connectivity index (χ1) is 6.06. The maximum Gasteiger partial charge on any atom is 0.281 e. The Balaban J connectivity index is 3.32. The van der Waals surface area contributed by atoms with Gasteiger partial charge in [-0.15, -0.1) is 0 Å². The van der Waals surface area contributed by atoms with E-state index in [1.165, 1.54) is 0 Å². The van der Waals surface area contributed by atoms with Crippen LogP contribution in [0.5, 0.6) is 0 Å². The number of rotatable bonds is 2. The van der Waals surface area contributed by atoms with Gasteiger partial charge >= 0.3 is 0 Å². The minimum atomic E-state index is -2.83. The van der Waals surface area contributed by atoms with Crippen LogP contribution in [0.1, 0.15) is 22.5 Å². The molecule has 0 saturated carbocycles. The summed E-state index contributed by atoms with van der Waals surface area (Å²) >= 11 is 5.48. The van der Waals surface area contributed by atoms with Crippen molar-refractivity contribution in [2.24, 2.45) is 0 Å². The van der Waals surface area contributed by atoms with E-state index in [9.17, 15) is 13.6 Å². The first kappa shape index (κ1) is 9.85. The molecular weight excluding hydrogens is 202 g/mol. The summed E-state index contributed by atoms with van der Waals surface area (Å²) in [6, 6.07) is 1.07. The molecule has 0 fully saturated rings. The van der Waals surface area contributed by atoms with Gasteiger partial charge in [0.25, 0.3) is 6.43 Å². The highest BCUT2D eigenvalue weighted by molar-refractivity contribution is 6.33. The van der Waals surface area contributed by atoms with Gasteiger partial charge in [-0.3, -0.25) is 4.79 Å². The van der Waals surface area contributed by atoms with Crippen LogP contribution in [-0.2, 0) is 0 Å². The molecule has 0 unspecified atom stereocenters. The van der Waals surface area contributed by atoms with Crippen molar-refractivity contribution >= 4 is 23.7 Å². The molecule has 6 heteroatoms. The third-order valence-corrected chi connectivity index (χ3v) is 1.70. The topological polar surface area (TPSA) is 56.0 Å². The molecule has 0 amide bonds. The van der Waals surface area contributed by atoms with Crippen LogP contribution in [0.15, 0.2) is 6.07 Å². The predicted octanol–water partition coefficient (Wildman–Crippen LogP) is 2.07. The third kappa shape index (κ3) is 1.92. The molecule has 1 rings (SSSR count). The van der Waals surface area contributed by atoms with Crippen LogP contribution in [0.2, 0.25) is 5.02 Å². The number of carbonyl (C=O) groups excluding carboxylic acids is 1. The lowest BCUT2D eigenvalue weighted by Gasteiger charge is -2.04. The number of alkyl halides is 2. The van der Waals surface area contributed by atoms with Crippen LogP contribution < -0.4 is 5.73 Å². The molecule has 70 valence electrons. The molecule has 1 heterocycles. The van der Waals surface area contributed by atoms with E-state index in [0.29, 0.717) is 0 Å². The summed E-state index contributed by atoms with van der Waals surface area (Å²) in [5, 5.41) is -0.00787. The van der Waals surface area contributed by atoms with Crippen molar-refractivity contribution < 1.29 is 13.6 Å². The number of nitrogens with zero attached hydrogens (tertiary/aromatic N) is 1. The van der Waals surface area contributed by atoms with E-state index < -0.39 is 12.1 Å². The van der Waals surface area contributed by atoms with Gasteiger partial charge in [-0.05, 0) is 6.07 Å². The highest BCUT2D eigenvalue weighted by Gasteiger charge is 2.16. The number of halogens is 3. The second kappa shape index (κ2) is 3.66. The second-order valence-corrected chi connectivity index (χ2v) is 2.66. The lowest BCUT2D eigenvalue weighted by molar-refractivity contribution is 0.110. The van der Waals surface area contributed by atoms with Crippen LogP contribution in [0, 0.1) is 0 Å². The lowest BCUT2D eigenvalue weighted by Crippen LogP contribution is -2.02. The van der Waals surface area contributed by atoms with Crippen molar-refractivity contribution in [2.45, 2.75) is 6.43 Å². The molecule has 13 heavy (non-hydrogen) atoms. The van der Waals surface area contributed by atoms with Crippen molar-refractivity contribution in [3.8, 4) is 0 Å². The SMILES string of the molecule is Nc1nc(C(F)F)c(C=O)cc1Cl. The highest BCUT2D eigenvalue weighted by Crippen LogP contribution is 2.25. The standard InChI is InChI=1S/C7H5ClF2N2O/c8-4-1-3(2-13)5(6(9)10)12-7(4)11/h1-2,6H,(H2,11,12). The number of carbonyl (C=O) groups is 1. The molecule has 0 radical (unpaired) electrons. The minimum absolute atomic E-state index is 0.00787. The first-order valence-electron chi connectivity index (χ1n) is 3.25. The molecule has 3 nitrogen and oxygen atoms in total. The molecule has 0 atom stereocenters. The van der Waals surface area contributed by atoms with E-state index in [0.717, 1.165) is 6.07 Å². The normalized spacial score (nSPS) is 10.5. The van der Waals surface area contributed by atoms with Crippen LogP contribution in [-0.4, -0.2) is 11.3 Å². The summed E-state index contributed by atoms with van der Waals surface area (Å²) in [5.74, 6) is -0.206. The first-order valence-corrected chi connectivity index (χ1v) is 3.63. The van der Waals surface area contributed by atoms with Gasteiger partial charge in [-0.25, -0.2) is 13.8 Å². The minimum Gasteiger partial charge on any atom is -0.382 e. The molecule has 1 aromatic heterocycles. The fourth-order valence-electron chi connectivity index (χ4n) is 0.801. The van der Waals surface area contributed by atoms with E-state index in [1.54, 1.807) is 0 Å². The fourth-order valence-corrected chi connectivity index (χ4v) is 0.961. The number of hydrogen-bond acceptors (Lipinski definition) is 3. The molecule has 0 aliphatic carbocycles. The van der Waals surface area contributed by atoms with Crippen molar-refractivity contribution in [2.75, 3.05) is 5.73 Å². The monoisotopic (exact) mass is 206 g/mol. The Labute approximate surface area is 77.5 Å². The van der Waals surface area contributed by atoms with Gasteiger partial charge in [-0.1, -0.05) is 11.6 Å². The van der Waals surface area contributed by atoms with E-state index in [2.05, 4.69) is 4.98 Å². The summed E-state index contributed by atoms with van der Waals surface area (Å²) < 4.78 is 24.4. The molecular formula is C7H5ClF2N2O. The molecule has 0 bridgehead atoms. The van der Waals surface area contributed by atoms with Crippen LogP contribution in [0.4, 0.5) is 14.6 Å². The Kier molecular flexibility index (Phi) is 2.77. The summed E-state index contributed by atoms with van der Waals surface area (Å²) in [5.41, 5.74) is 4.31. The number of pyridine rings is 1. The zero-order valence-electron chi connectivity index (χ0n) is 6.30. The Bertz CT molecular complexity index is 344. The summed E-state index contributed by atoms with van der Waals surface area (Å²) in [6.45, 7) is 0. The average Bonchev–Trinajstić information content (AvgIpc) is 2.08. The summed E-state index contributed by atoms with van der Waals surface area (Å²) in [6.07, 6.45) is -2.57. The van der Waals surface area contributed by atoms with Crippen molar-refractivity contribution in [1.82, 2.24) is 4.98 Å². The quantitative estimate of drug-likeness (QED) is 0.754. The maximum absolute atomic E-state index is 12.2. The highest BCUT2D eigenvalue weighted by atomic mass is 35.5. The Morgan fingerprint density at radius 1 is 1.62 bits per heavy atom. The third-order valence-electron chi connectivity index (χ3n) is 1.40. The molecule has 2 N–H and O–H groups in total.